The highest BCUT2D eigenvalue weighted by Gasteiger charge is 2.38. The monoisotopic (exact) mass is 565 g/mol. The number of furan rings is 1. The van der Waals surface area contributed by atoms with E-state index in [9.17, 15) is 24.0 Å². The molecule has 0 saturated carbocycles. The molecule has 1 fully saturated rings. The van der Waals surface area contributed by atoms with Crippen molar-refractivity contribution in [3.8, 4) is 0 Å². The molecule has 0 unspecified atom stereocenters. The third kappa shape index (κ3) is 6.90. The quantitative estimate of drug-likeness (QED) is 0.265. The first-order chi connectivity index (χ1) is 19.7. The first-order valence-electron chi connectivity index (χ1n) is 13.1. The summed E-state index contributed by atoms with van der Waals surface area (Å²) in [4.78, 5) is 63.6. The summed E-state index contributed by atoms with van der Waals surface area (Å²) in [5.74, 6) is -2.71. The molecule has 216 valence electrons. The van der Waals surface area contributed by atoms with Crippen molar-refractivity contribution >= 4 is 41.4 Å². The maximum atomic E-state index is 13.3. The van der Waals surface area contributed by atoms with E-state index in [-0.39, 0.29) is 42.1 Å². The molecule has 41 heavy (non-hydrogen) atoms. The van der Waals surface area contributed by atoms with Crippen LogP contribution in [-0.4, -0.2) is 67.5 Å². The zero-order valence-corrected chi connectivity index (χ0v) is 23.0. The Labute approximate surface area is 236 Å². The van der Waals surface area contributed by atoms with Gasteiger partial charge in [-0.2, -0.15) is 0 Å². The van der Waals surface area contributed by atoms with Crippen LogP contribution < -0.4 is 10.6 Å². The van der Waals surface area contributed by atoms with Gasteiger partial charge in [0.1, 0.15) is 11.5 Å². The number of hydrogen-bond donors (Lipinski definition) is 2. The molecule has 0 radical (unpaired) electrons. The van der Waals surface area contributed by atoms with E-state index in [1.165, 1.54) is 42.4 Å². The molecule has 3 heterocycles. The minimum atomic E-state index is -0.908. The summed E-state index contributed by atoms with van der Waals surface area (Å²) in [6, 6.07) is 9.08. The van der Waals surface area contributed by atoms with Crippen LogP contribution in [0.2, 0.25) is 0 Å². The van der Waals surface area contributed by atoms with Gasteiger partial charge >= 0.3 is 23.8 Å². The number of carbonyl (C=O) groups excluding carboxylic acids is 5. The molecule has 1 aromatic heterocycles. The van der Waals surface area contributed by atoms with Crippen LogP contribution in [-0.2, 0) is 39.9 Å². The molecule has 0 spiro atoms. The molecular formula is C29H31N3O9. The lowest BCUT2D eigenvalue weighted by Crippen LogP contribution is -2.34. The van der Waals surface area contributed by atoms with E-state index in [1.54, 1.807) is 26.0 Å². The number of hydrogen-bond acceptors (Lipinski definition) is 9. The average molecular weight is 566 g/mol. The van der Waals surface area contributed by atoms with Gasteiger partial charge in [-0.15, -0.1) is 0 Å². The fourth-order valence-corrected chi connectivity index (χ4v) is 4.49. The van der Waals surface area contributed by atoms with Crippen molar-refractivity contribution in [3.63, 3.8) is 0 Å². The summed E-state index contributed by atoms with van der Waals surface area (Å²) in [5.41, 5.74) is 1.39. The van der Waals surface area contributed by atoms with Gasteiger partial charge in [0.2, 0.25) is 0 Å². The molecule has 1 aromatic carbocycles. The SMILES string of the molecule is CCOC(=O)c1ccc(NC(=O)C(=O)NCc2ccc(/C=C3\C(=O)N(C[C@@H]4CCCO4)C(C)=C3C(=O)OC)o2)cc1. The summed E-state index contributed by atoms with van der Waals surface area (Å²) < 4.78 is 21.2. The second-order valence-corrected chi connectivity index (χ2v) is 9.30. The van der Waals surface area contributed by atoms with Gasteiger partial charge in [-0.3, -0.25) is 14.4 Å². The second-order valence-electron chi connectivity index (χ2n) is 9.30. The minimum Gasteiger partial charge on any atom is -0.465 e. The Kier molecular flexibility index (Phi) is 9.35. The Bertz CT molecular complexity index is 1400. The normalized spacial score (nSPS) is 17.6. The molecule has 2 aromatic rings. The zero-order valence-electron chi connectivity index (χ0n) is 23.0. The summed E-state index contributed by atoms with van der Waals surface area (Å²) in [6.07, 6.45) is 3.09. The second kappa shape index (κ2) is 13.1. The largest absolute Gasteiger partial charge is 0.465 e. The molecule has 3 amide bonds. The number of methoxy groups -OCH3 is 1. The number of esters is 2. The number of carbonyl (C=O) groups is 5. The Balaban J connectivity index is 1.37. The Hall–Kier alpha value is -4.71. The number of allylic oxidation sites excluding steroid dienone is 1. The van der Waals surface area contributed by atoms with Crippen LogP contribution in [0.1, 0.15) is 48.6 Å². The predicted octanol–water partition coefficient (Wildman–Crippen LogP) is 2.56. The zero-order chi connectivity index (χ0) is 29.5. The van der Waals surface area contributed by atoms with Gasteiger partial charge < -0.3 is 34.2 Å². The highest BCUT2D eigenvalue weighted by Crippen LogP contribution is 2.33. The predicted molar refractivity (Wildman–Crippen MR) is 145 cm³/mol. The summed E-state index contributed by atoms with van der Waals surface area (Å²) in [7, 11) is 1.25. The summed E-state index contributed by atoms with van der Waals surface area (Å²) >= 11 is 0. The molecule has 2 aliphatic rings. The maximum absolute atomic E-state index is 13.3. The van der Waals surface area contributed by atoms with Crippen LogP contribution in [0.3, 0.4) is 0 Å². The highest BCUT2D eigenvalue weighted by atomic mass is 16.5. The van der Waals surface area contributed by atoms with Gasteiger partial charge in [-0.05, 0) is 69.2 Å². The summed E-state index contributed by atoms with van der Waals surface area (Å²) in [6.45, 7) is 4.49. The highest BCUT2D eigenvalue weighted by molar-refractivity contribution is 6.39. The van der Waals surface area contributed by atoms with Crippen molar-refractivity contribution < 1.29 is 42.6 Å². The first kappa shape index (κ1) is 29.3. The average Bonchev–Trinajstić information content (AvgIpc) is 3.70. The van der Waals surface area contributed by atoms with Gasteiger partial charge in [0.15, 0.2) is 0 Å². The topological polar surface area (TPSA) is 153 Å². The third-order valence-corrected chi connectivity index (χ3v) is 6.56. The molecule has 4 rings (SSSR count). The van der Waals surface area contributed by atoms with E-state index in [2.05, 4.69) is 10.6 Å². The van der Waals surface area contributed by atoms with Crippen molar-refractivity contribution in [2.75, 3.05) is 32.2 Å². The van der Waals surface area contributed by atoms with Crippen molar-refractivity contribution in [2.45, 2.75) is 39.3 Å². The number of rotatable bonds is 9. The van der Waals surface area contributed by atoms with E-state index in [4.69, 9.17) is 18.6 Å². The minimum absolute atomic E-state index is 0.102. The van der Waals surface area contributed by atoms with Crippen LogP contribution in [0.25, 0.3) is 6.08 Å². The third-order valence-electron chi connectivity index (χ3n) is 6.56. The van der Waals surface area contributed by atoms with E-state index in [0.29, 0.717) is 35.9 Å². The fourth-order valence-electron chi connectivity index (χ4n) is 4.49. The van der Waals surface area contributed by atoms with E-state index < -0.39 is 23.8 Å². The number of anilines is 1. The molecule has 0 bridgehead atoms. The van der Waals surface area contributed by atoms with Gasteiger partial charge in [-0.1, -0.05) is 0 Å². The van der Waals surface area contributed by atoms with Crippen LogP contribution in [0.15, 0.2) is 57.7 Å². The lowest BCUT2D eigenvalue weighted by atomic mass is 10.1. The standard InChI is InChI=1S/C29H31N3O9/c1-4-39-28(36)18-7-9-19(10-8-18)31-26(34)25(33)30-15-21-12-11-20(41-21)14-23-24(29(37)38-3)17(2)32(27(23)35)16-22-6-5-13-40-22/h7-12,14,22H,4-6,13,15-16H2,1-3H3,(H,30,33)(H,31,34)/b23-14-/t22-/m0/s1. The van der Waals surface area contributed by atoms with Crippen molar-refractivity contribution in [1.29, 1.82) is 0 Å². The maximum Gasteiger partial charge on any atom is 0.340 e. The van der Waals surface area contributed by atoms with Crippen LogP contribution in [0.4, 0.5) is 5.69 Å². The number of nitrogens with one attached hydrogen (secondary N) is 2. The molecule has 12 nitrogen and oxygen atoms in total. The lowest BCUT2D eigenvalue weighted by molar-refractivity contribution is -0.136. The van der Waals surface area contributed by atoms with Crippen molar-refractivity contribution in [3.05, 3.63) is 70.3 Å². The Morgan fingerprint density at radius 2 is 1.83 bits per heavy atom. The van der Waals surface area contributed by atoms with Crippen molar-refractivity contribution in [1.82, 2.24) is 10.2 Å². The first-order valence-corrected chi connectivity index (χ1v) is 13.1. The van der Waals surface area contributed by atoms with E-state index in [0.717, 1.165) is 12.8 Å². The van der Waals surface area contributed by atoms with Gasteiger partial charge in [0.25, 0.3) is 5.91 Å². The van der Waals surface area contributed by atoms with Crippen LogP contribution in [0, 0.1) is 0 Å². The Morgan fingerprint density at radius 1 is 1.07 bits per heavy atom. The number of ether oxygens (including phenoxy) is 3. The smallest absolute Gasteiger partial charge is 0.340 e. The number of nitrogens with zero attached hydrogens (tertiary/aromatic N) is 1. The number of amides is 3. The molecule has 1 saturated heterocycles. The van der Waals surface area contributed by atoms with Crippen LogP contribution in [0.5, 0.6) is 0 Å². The Morgan fingerprint density at radius 3 is 2.49 bits per heavy atom. The van der Waals surface area contributed by atoms with Gasteiger partial charge in [-0.25, -0.2) is 9.59 Å². The molecule has 2 aliphatic heterocycles. The summed E-state index contributed by atoms with van der Waals surface area (Å²) in [5, 5.41) is 4.91. The molecule has 2 N–H and O–H groups in total. The molecular weight excluding hydrogens is 534 g/mol. The number of benzene rings is 1. The van der Waals surface area contributed by atoms with E-state index >= 15 is 0 Å². The van der Waals surface area contributed by atoms with Crippen LogP contribution >= 0.6 is 0 Å². The molecule has 12 heteroatoms. The lowest BCUT2D eigenvalue weighted by Gasteiger charge is -2.21. The van der Waals surface area contributed by atoms with E-state index in [1.807, 2.05) is 0 Å². The van der Waals surface area contributed by atoms with Gasteiger partial charge in [0, 0.05) is 18.0 Å². The van der Waals surface area contributed by atoms with Gasteiger partial charge in [0.05, 0.1) is 49.6 Å². The molecule has 0 aliphatic carbocycles. The fraction of sp³-hybridized carbons (Fsp3) is 0.345. The molecule has 1 atom stereocenters. The van der Waals surface area contributed by atoms with Crippen molar-refractivity contribution in [2.24, 2.45) is 0 Å².